The molecule has 11 aromatic rings. The molecule has 5 nitrogen and oxygen atoms in total. The Bertz CT molecular complexity index is 3760. The number of rotatable bonds is 8. The first kappa shape index (κ1) is 25.3. The number of fused-ring (bicyclic) bond motifs is 4. The number of nitrogens with zero attached hydrogens (tertiary/aromatic N) is 4. The average Bonchev–Trinajstić information content (AvgIpc) is 3.92. The summed E-state index contributed by atoms with van der Waals surface area (Å²) in [5.41, 5.74) is 5.98. The quantitative estimate of drug-likeness (QED) is 0.114. The van der Waals surface area contributed by atoms with Crippen molar-refractivity contribution in [3.63, 3.8) is 0 Å². The van der Waals surface area contributed by atoms with Crippen molar-refractivity contribution in [3.05, 3.63) is 225 Å². The first-order valence-corrected chi connectivity index (χ1v) is 19.0. The van der Waals surface area contributed by atoms with E-state index in [1.807, 2.05) is 97.1 Å². The van der Waals surface area contributed by atoms with Gasteiger partial charge in [-0.2, -0.15) is 0 Å². The Morgan fingerprint density at radius 1 is 0.508 bits per heavy atom. The lowest BCUT2D eigenvalue weighted by molar-refractivity contribution is -0.571. The van der Waals surface area contributed by atoms with Gasteiger partial charge < -0.3 is 4.74 Å². The molecule has 5 heteroatoms. The van der Waals surface area contributed by atoms with Gasteiger partial charge in [-0.1, -0.05) is 157 Å². The van der Waals surface area contributed by atoms with Crippen LogP contribution in [0, 0.1) is 6.33 Å². The number of ether oxygens (including phenoxy) is 1. The maximum atomic E-state index is 9.01. The zero-order chi connectivity index (χ0) is 47.8. The average molecular weight is 767 g/mol. The van der Waals surface area contributed by atoms with Crippen LogP contribution in [0.3, 0.4) is 0 Å². The van der Waals surface area contributed by atoms with Crippen LogP contribution in [0.1, 0.15) is 13.7 Å². The molecule has 0 aliphatic carbocycles. The fourth-order valence-corrected chi connectivity index (χ4v) is 7.86. The standard InChI is InChI=1S/C54H36N4O/c1-4-17-38(18-5-1)44-26-15-27-45(39-19-6-2-7-20-39)53(44)57-37-56(50-30-12-13-31-51(50)57)41-23-14-24-42(35-41)59-43-32-33-48-47-25-10-11-29-49(47)58(52(48)36-43)54-46(28-16-34-55-54)40-21-8-3-9-22-40/h1-36H/i1D,2D,4D,5D,6D,7D,17D,18D,19D,20D. The summed E-state index contributed by atoms with van der Waals surface area (Å²) in [6, 6.07) is 42.8. The van der Waals surface area contributed by atoms with Crippen LogP contribution in [0.15, 0.2) is 218 Å². The molecule has 8 aromatic carbocycles. The third-order valence-corrected chi connectivity index (χ3v) is 10.4. The summed E-state index contributed by atoms with van der Waals surface area (Å²) in [4.78, 5) is 4.92. The second-order valence-corrected chi connectivity index (χ2v) is 13.8. The van der Waals surface area contributed by atoms with Crippen LogP contribution >= 0.6 is 0 Å². The van der Waals surface area contributed by atoms with Crippen LogP contribution in [-0.4, -0.2) is 14.1 Å². The Morgan fingerprint density at radius 3 is 1.93 bits per heavy atom. The highest BCUT2D eigenvalue weighted by Crippen LogP contribution is 2.38. The molecule has 0 saturated carbocycles. The van der Waals surface area contributed by atoms with Crippen molar-refractivity contribution in [2.24, 2.45) is 0 Å². The van der Waals surface area contributed by atoms with E-state index in [2.05, 4.69) is 47.3 Å². The van der Waals surface area contributed by atoms with Crippen molar-refractivity contribution in [1.29, 1.82) is 0 Å². The topological polar surface area (TPSA) is 35.9 Å². The van der Waals surface area contributed by atoms with Gasteiger partial charge in [0.1, 0.15) is 17.3 Å². The summed E-state index contributed by atoms with van der Waals surface area (Å²) >= 11 is 0. The lowest BCUT2D eigenvalue weighted by Crippen LogP contribution is -2.31. The number of imidazole rings is 1. The van der Waals surface area contributed by atoms with Crippen LogP contribution in [0.4, 0.5) is 0 Å². The third kappa shape index (κ3) is 6.04. The molecule has 0 radical (unpaired) electrons. The van der Waals surface area contributed by atoms with Crippen molar-refractivity contribution in [2.45, 2.75) is 0 Å². The predicted octanol–water partition coefficient (Wildman–Crippen LogP) is 13.0. The Balaban J connectivity index is 1.08. The minimum Gasteiger partial charge on any atom is -0.458 e. The molecule has 0 spiro atoms. The van der Waals surface area contributed by atoms with Gasteiger partial charge in [0, 0.05) is 28.6 Å². The highest BCUT2D eigenvalue weighted by molar-refractivity contribution is 6.10. The first-order valence-electron chi connectivity index (χ1n) is 24.0. The molecule has 0 amide bonds. The predicted molar refractivity (Wildman–Crippen MR) is 239 cm³/mol. The van der Waals surface area contributed by atoms with Crippen molar-refractivity contribution >= 4 is 32.8 Å². The summed E-state index contributed by atoms with van der Waals surface area (Å²) in [6.45, 7) is 0. The smallest absolute Gasteiger partial charge is 0.269 e. The molecular weight excluding hydrogens is 721 g/mol. The van der Waals surface area contributed by atoms with Gasteiger partial charge >= 0.3 is 0 Å². The summed E-state index contributed by atoms with van der Waals surface area (Å²) in [6.07, 6.45) is 5.23. The molecule has 0 bridgehead atoms. The molecule has 278 valence electrons. The fourth-order valence-electron chi connectivity index (χ4n) is 7.86. The minimum absolute atomic E-state index is 0.131. The maximum Gasteiger partial charge on any atom is 0.269 e. The van der Waals surface area contributed by atoms with Gasteiger partial charge in [-0.05, 0) is 76.3 Å². The zero-order valence-electron chi connectivity index (χ0n) is 41.2. The molecule has 0 fully saturated rings. The molecule has 11 rings (SSSR count). The zero-order valence-corrected chi connectivity index (χ0v) is 31.2. The Morgan fingerprint density at radius 2 is 1.15 bits per heavy atom. The minimum atomic E-state index is -0.567. The van der Waals surface area contributed by atoms with E-state index >= 15 is 0 Å². The van der Waals surface area contributed by atoms with E-state index in [1.165, 1.54) is 0 Å². The van der Waals surface area contributed by atoms with E-state index in [9.17, 15) is 0 Å². The summed E-state index contributed by atoms with van der Waals surface area (Å²) in [5, 5.41) is 2.10. The van der Waals surface area contributed by atoms with Gasteiger partial charge in [-0.25, -0.2) is 4.98 Å². The summed E-state index contributed by atoms with van der Waals surface area (Å²) in [7, 11) is 0. The number of benzene rings is 8. The molecule has 0 aliphatic heterocycles. The lowest BCUT2D eigenvalue weighted by atomic mass is 9.95. The molecule has 59 heavy (non-hydrogen) atoms. The molecule has 0 atom stereocenters. The van der Waals surface area contributed by atoms with Crippen LogP contribution in [0.25, 0.3) is 83.4 Å². The molecule has 0 unspecified atom stereocenters. The van der Waals surface area contributed by atoms with Gasteiger partial charge in [0.15, 0.2) is 0 Å². The van der Waals surface area contributed by atoms with Gasteiger partial charge in [-0.15, -0.1) is 0 Å². The van der Waals surface area contributed by atoms with Crippen LogP contribution < -0.4 is 9.30 Å². The molecule has 3 aromatic heterocycles. The van der Waals surface area contributed by atoms with Gasteiger partial charge in [0.2, 0.25) is 0 Å². The third-order valence-electron chi connectivity index (χ3n) is 10.4. The second kappa shape index (κ2) is 14.5. The first-order chi connectivity index (χ1) is 33.4. The van der Waals surface area contributed by atoms with Crippen molar-refractivity contribution in [3.8, 4) is 62.1 Å². The maximum absolute atomic E-state index is 9.01. The van der Waals surface area contributed by atoms with E-state index < -0.39 is 60.4 Å². The summed E-state index contributed by atoms with van der Waals surface area (Å²) < 4.78 is 99.2. The fraction of sp³-hybridized carbons (Fsp3) is 0. The normalized spacial score (nSPS) is 13.8. The summed E-state index contributed by atoms with van der Waals surface area (Å²) in [5.74, 6) is 1.86. The van der Waals surface area contributed by atoms with Crippen molar-refractivity contribution < 1.29 is 23.0 Å². The highest BCUT2D eigenvalue weighted by atomic mass is 16.5. The lowest BCUT2D eigenvalue weighted by Gasteiger charge is -2.17. The van der Waals surface area contributed by atoms with Crippen molar-refractivity contribution in [1.82, 2.24) is 14.1 Å². The molecule has 0 saturated heterocycles. The number of hydrogen-bond acceptors (Lipinski definition) is 2. The number of pyridine rings is 1. The second-order valence-electron chi connectivity index (χ2n) is 13.8. The Hall–Kier alpha value is -8.02. The van der Waals surface area contributed by atoms with Crippen molar-refractivity contribution in [2.75, 3.05) is 0 Å². The number of para-hydroxylation sites is 4. The molecule has 0 aliphatic rings. The van der Waals surface area contributed by atoms with Gasteiger partial charge in [0.05, 0.1) is 47.1 Å². The van der Waals surface area contributed by atoms with E-state index in [1.54, 1.807) is 33.5 Å². The van der Waals surface area contributed by atoms with E-state index in [-0.39, 0.29) is 27.9 Å². The van der Waals surface area contributed by atoms with E-state index in [0.29, 0.717) is 28.2 Å². The Kier molecular flexibility index (Phi) is 6.21. The monoisotopic (exact) mass is 766 g/mol. The van der Waals surface area contributed by atoms with Crippen LogP contribution in [-0.2, 0) is 0 Å². The van der Waals surface area contributed by atoms with Crippen LogP contribution in [0.5, 0.6) is 11.5 Å². The van der Waals surface area contributed by atoms with Crippen LogP contribution in [0.2, 0.25) is 0 Å². The van der Waals surface area contributed by atoms with E-state index in [0.717, 1.165) is 38.8 Å². The van der Waals surface area contributed by atoms with E-state index in [4.69, 9.17) is 23.4 Å². The number of aromatic nitrogens is 4. The number of hydrogen-bond donors (Lipinski definition) is 0. The molecular formula is C54H36N4O. The Labute approximate surface area is 356 Å². The SMILES string of the molecule is [2H]c1c([2H])c([2H])c(-c2cccc(-c3c([2H])c([2H])c([2H])c([2H])c3[2H])c2-[n+]2[c-]n(-c3cccc(Oc4ccc5c6ccccc6n(-c6ncccc6-c6ccccc6)c5c4)c3)c3ccccc32)c([2H])c1[2H]. The molecule has 0 N–H and O–H groups in total. The van der Waals surface area contributed by atoms with Gasteiger partial charge in [-0.3, -0.25) is 13.7 Å². The highest BCUT2D eigenvalue weighted by Gasteiger charge is 2.21. The largest absolute Gasteiger partial charge is 0.458 e. The molecule has 3 heterocycles. The van der Waals surface area contributed by atoms with Gasteiger partial charge in [0.25, 0.3) is 6.33 Å².